The smallest absolute Gasteiger partial charge is 0.262 e. The van der Waals surface area contributed by atoms with E-state index in [2.05, 4.69) is 10.0 Å². The van der Waals surface area contributed by atoms with Crippen LogP contribution in [0.5, 0.6) is 0 Å². The van der Waals surface area contributed by atoms with Gasteiger partial charge in [0.15, 0.2) is 0 Å². The molecule has 2 N–H and O–H groups in total. The highest BCUT2D eigenvalue weighted by atomic mass is 32.2. The van der Waals surface area contributed by atoms with Gasteiger partial charge in [0.05, 0.1) is 9.79 Å². The van der Waals surface area contributed by atoms with Crippen LogP contribution < -0.4 is 10.0 Å². The van der Waals surface area contributed by atoms with E-state index in [1.807, 2.05) is 30.3 Å². The lowest BCUT2D eigenvalue weighted by molar-refractivity contribution is -0.114. The van der Waals surface area contributed by atoms with Gasteiger partial charge in [-0.05, 0) is 54.4 Å². The lowest BCUT2D eigenvalue weighted by atomic mass is 10.2. The highest BCUT2D eigenvalue weighted by molar-refractivity contribution is 7.92. The lowest BCUT2D eigenvalue weighted by Crippen LogP contribution is -2.26. The Morgan fingerprint density at radius 2 is 1.48 bits per heavy atom. The summed E-state index contributed by atoms with van der Waals surface area (Å²) in [5.41, 5.74) is 1.92. The quantitative estimate of drug-likeness (QED) is 0.504. The molecule has 1 amide bonds. The normalized spacial score (nSPS) is 11.9. The van der Waals surface area contributed by atoms with Gasteiger partial charge in [0.2, 0.25) is 15.9 Å². The van der Waals surface area contributed by atoms with Gasteiger partial charge in [-0.1, -0.05) is 36.4 Å². The second-order valence-electron chi connectivity index (χ2n) is 7.54. The molecular weight excluding hydrogens is 462 g/mol. The summed E-state index contributed by atoms with van der Waals surface area (Å²) in [4.78, 5) is 11.3. The Morgan fingerprint density at radius 1 is 0.879 bits per heavy atom. The van der Waals surface area contributed by atoms with Gasteiger partial charge >= 0.3 is 0 Å². The van der Waals surface area contributed by atoms with Gasteiger partial charge < -0.3 is 5.32 Å². The molecule has 0 aromatic heterocycles. The van der Waals surface area contributed by atoms with E-state index >= 15 is 0 Å². The van der Waals surface area contributed by atoms with Crippen LogP contribution >= 0.6 is 0 Å². The van der Waals surface area contributed by atoms with Crippen LogP contribution in [0.2, 0.25) is 0 Å². The highest BCUT2D eigenvalue weighted by Gasteiger charge is 2.22. The fourth-order valence-electron chi connectivity index (χ4n) is 3.18. The number of hydrogen-bond acceptors (Lipinski definition) is 5. The fraction of sp³-hybridized carbons (Fsp3) is 0.174. The van der Waals surface area contributed by atoms with Crippen molar-refractivity contribution in [3.63, 3.8) is 0 Å². The van der Waals surface area contributed by atoms with Crippen LogP contribution in [0.25, 0.3) is 0 Å². The van der Waals surface area contributed by atoms with Crippen LogP contribution in [-0.2, 0) is 31.4 Å². The van der Waals surface area contributed by atoms with E-state index in [4.69, 9.17) is 0 Å². The van der Waals surface area contributed by atoms with E-state index in [1.54, 1.807) is 19.1 Å². The first-order valence-corrected chi connectivity index (χ1v) is 12.9. The molecule has 10 heteroatoms. The van der Waals surface area contributed by atoms with E-state index in [0.717, 1.165) is 5.56 Å². The molecule has 0 fully saturated rings. The molecule has 0 saturated carbocycles. The number of benzene rings is 3. The van der Waals surface area contributed by atoms with Crippen LogP contribution in [-0.4, -0.2) is 34.1 Å². The Kier molecular flexibility index (Phi) is 7.21. The van der Waals surface area contributed by atoms with Crippen molar-refractivity contribution >= 4 is 37.3 Å². The fourth-order valence-corrected chi connectivity index (χ4v) is 5.67. The van der Waals surface area contributed by atoms with E-state index in [0.29, 0.717) is 11.3 Å². The van der Waals surface area contributed by atoms with Gasteiger partial charge in [-0.15, -0.1) is 0 Å². The van der Waals surface area contributed by atoms with Crippen molar-refractivity contribution in [1.82, 2.24) is 4.31 Å². The third-order valence-electron chi connectivity index (χ3n) is 4.86. The number of nitrogens with zero attached hydrogens (tertiary/aromatic N) is 1. The van der Waals surface area contributed by atoms with Crippen molar-refractivity contribution in [2.24, 2.45) is 0 Å². The molecule has 0 unspecified atom stereocenters. The summed E-state index contributed by atoms with van der Waals surface area (Å²) in [6.07, 6.45) is 0. The molecule has 0 aliphatic rings. The van der Waals surface area contributed by atoms with Gasteiger partial charge in [0, 0.05) is 31.9 Å². The van der Waals surface area contributed by atoms with Crippen molar-refractivity contribution in [2.75, 3.05) is 17.1 Å². The summed E-state index contributed by atoms with van der Waals surface area (Å²) in [6, 6.07) is 19.3. The number of hydrogen-bond donors (Lipinski definition) is 2. The monoisotopic (exact) mass is 487 g/mol. The summed E-state index contributed by atoms with van der Waals surface area (Å²) < 4.78 is 55.3. The maximum Gasteiger partial charge on any atom is 0.262 e. The molecule has 0 saturated heterocycles. The predicted octanol–water partition coefficient (Wildman–Crippen LogP) is 3.57. The van der Waals surface area contributed by atoms with E-state index in [9.17, 15) is 21.6 Å². The second kappa shape index (κ2) is 9.74. The zero-order valence-electron chi connectivity index (χ0n) is 18.4. The van der Waals surface area contributed by atoms with E-state index < -0.39 is 20.0 Å². The molecule has 174 valence electrons. The summed E-state index contributed by atoms with van der Waals surface area (Å²) >= 11 is 0. The van der Waals surface area contributed by atoms with Crippen molar-refractivity contribution in [1.29, 1.82) is 0 Å². The van der Waals surface area contributed by atoms with Gasteiger partial charge in [0.25, 0.3) is 10.0 Å². The van der Waals surface area contributed by atoms with Crippen LogP contribution in [0.15, 0.2) is 82.6 Å². The van der Waals surface area contributed by atoms with Gasteiger partial charge in [-0.2, -0.15) is 4.31 Å². The first-order valence-electron chi connectivity index (χ1n) is 10.0. The largest absolute Gasteiger partial charge is 0.326 e. The van der Waals surface area contributed by atoms with Crippen LogP contribution in [0.4, 0.5) is 11.4 Å². The number of sulfonamides is 2. The molecule has 0 spiro atoms. The first-order chi connectivity index (χ1) is 15.5. The SMILES string of the molecule is CC(=O)Nc1ccc(C)c(S(=O)(=O)Nc2ccc(S(=O)(=O)N(C)Cc3ccccc3)cc2)c1. The number of rotatable bonds is 8. The number of carbonyl (C=O) groups is 1. The molecule has 0 aliphatic heterocycles. The Labute approximate surface area is 194 Å². The Hall–Kier alpha value is -3.21. The second-order valence-corrected chi connectivity index (χ2v) is 11.2. The van der Waals surface area contributed by atoms with Crippen molar-refractivity contribution < 1.29 is 21.6 Å². The van der Waals surface area contributed by atoms with Gasteiger partial charge in [-0.3, -0.25) is 9.52 Å². The van der Waals surface area contributed by atoms with E-state index in [-0.39, 0.29) is 27.9 Å². The van der Waals surface area contributed by atoms with Crippen LogP contribution in [0.1, 0.15) is 18.1 Å². The van der Waals surface area contributed by atoms with Crippen LogP contribution in [0.3, 0.4) is 0 Å². The standard InChI is InChI=1S/C23H25N3O5S2/c1-17-9-10-21(24-18(2)27)15-23(17)32(28,29)25-20-11-13-22(14-12-20)33(30,31)26(3)16-19-7-5-4-6-8-19/h4-15,25H,16H2,1-3H3,(H,24,27). The molecule has 3 aromatic carbocycles. The van der Waals surface area contributed by atoms with Crippen LogP contribution in [0, 0.1) is 6.92 Å². The molecule has 0 aliphatic carbocycles. The molecule has 3 aromatic rings. The maximum absolute atomic E-state index is 12.9. The minimum atomic E-state index is -3.97. The molecular formula is C23H25N3O5S2. The number of amides is 1. The summed E-state index contributed by atoms with van der Waals surface area (Å²) in [6.45, 7) is 3.19. The molecule has 33 heavy (non-hydrogen) atoms. The Bertz CT molecular complexity index is 1350. The molecule has 3 rings (SSSR count). The summed E-state index contributed by atoms with van der Waals surface area (Å²) in [7, 11) is -6.24. The number of anilines is 2. The topological polar surface area (TPSA) is 113 Å². The van der Waals surface area contributed by atoms with Crippen molar-refractivity contribution in [3.8, 4) is 0 Å². The first kappa shape index (κ1) is 24.4. The minimum absolute atomic E-state index is 0.00745. The molecule has 8 nitrogen and oxygen atoms in total. The maximum atomic E-state index is 12.9. The number of nitrogens with one attached hydrogen (secondary N) is 2. The van der Waals surface area contributed by atoms with Gasteiger partial charge in [0.1, 0.15) is 0 Å². The average Bonchev–Trinajstić information content (AvgIpc) is 2.75. The molecule has 0 radical (unpaired) electrons. The predicted molar refractivity (Wildman–Crippen MR) is 128 cm³/mol. The Balaban J connectivity index is 1.79. The molecule has 0 bridgehead atoms. The zero-order chi connectivity index (χ0) is 24.2. The average molecular weight is 488 g/mol. The molecule has 0 atom stereocenters. The number of carbonyl (C=O) groups excluding carboxylic acids is 1. The van der Waals surface area contributed by atoms with Gasteiger partial charge in [-0.25, -0.2) is 16.8 Å². The lowest BCUT2D eigenvalue weighted by Gasteiger charge is -2.18. The van der Waals surface area contributed by atoms with E-state index in [1.165, 1.54) is 48.6 Å². The third-order valence-corrected chi connectivity index (χ3v) is 8.20. The minimum Gasteiger partial charge on any atom is -0.326 e. The summed E-state index contributed by atoms with van der Waals surface area (Å²) in [5.74, 6) is -0.316. The Morgan fingerprint density at radius 3 is 2.09 bits per heavy atom. The zero-order valence-corrected chi connectivity index (χ0v) is 20.1. The molecule has 0 heterocycles. The van der Waals surface area contributed by atoms with Crippen molar-refractivity contribution in [2.45, 2.75) is 30.2 Å². The summed E-state index contributed by atoms with van der Waals surface area (Å²) in [5, 5.41) is 2.56. The number of aryl methyl sites for hydroxylation is 1. The van der Waals surface area contributed by atoms with Crippen molar-refractivity contribution in [3.05, 3.63) is 83.9 Å². The third kappa shape index (κ3) is 5.98. The highest BCUT2D eigenvalue weighted by Crippen LogP contribution is 2.24.